The topological polar surface area (TPSA) is 69.0 Å². The molecule has 7 nitrogen and oxygen atoms in total. The first-order valence-electron chi connectivity index (χ1n) is 12.0. The summed E-state index contributed by atoms with van der Waals surface area (Å²) in [6, 6.07) is 17.4. The molecule has 0 bridgehead atoms. The van der Waals surface area contributed by atoms with Gasteiger partial charge in [-0.05, 0) is 61.9 Å². The molecule has 2 aromatic carbocycles. The van der Waals surface area contributed by atoms with Crippen LogP contribution in [-0.2, 0) is 17.8 Å². The molecule has 4 rings (SSSR count). The van der Waals surface area contributed by atoms with Crippen LogP contribution in [0.1, 0.15) is 23.4 Å². The van der Waals surface area contributed by atoms with Crippen molar-refractivity contribution in [2.24, 2.45) is 0 Å². The standard InChI is InChI=1S/C27H34ClN3O4/c1-21-15-22(2)31(29-21)11-4-13-34-26-6-3-5-23(16-26)17-30-12-14-33-19-27(32,18-30)20-35-25-9-7-24(28)8-10-25/h3,5-10,15-16,32H,4,11-14,17-20H2,1-2H3/t27-/m0/s1. The predicted octanol–water partition coefficient (Wildman–Crippen LogP) is 4.26. The largest absolute Gasteiger partial charge is 0.494 e. The van der Waals surface area contributed by atoms with Crippen molar-refractivity contribution in [3.63, 3.8) is 0 Å². The minimum absolute atomic E-state index is 0.142. The predicted molar refractivity (Wildman–Crippen MR) is 136 cm³/mol. The molecule has 1 saturated heterocycles. The number of ether oxygens (including phenoxy) is 3. The molecule has 3 aromatic rings. The zero-order chi connectivity index (χ0) is 24.7. The highest BCUT2D eigenvalue weighted by atomic mass is 35.5. The molecule has 1 N–H and O–H groups in total. The molecule has 0 amide bonds. The third-order valence-electron chi connectivity index (χ3n) is 5.95. The number of β-amino-alcohol motifs (C(OH)–C–C–N with tert-alkyl or cyclic N) is 1. The average Bonchev–Trinajstić information content (AvgIpc) is 3.03. The Kier molecular flexibility index (Phi) is 8.68. The third-order valence-corrected chi connectivity index (χ3v) is 6.20. The van der Waals surface area contributed by atoms with Gasteiger partial charge in [-0.3, -0.25) is 9.58 Å². The summed E-state index contributed by atoms with van der Waals surface area (Å²) < 4.78 is 19.6. The van der Waals surface area contributed by atoms with Gasteiger partial charge < -0.3 is 19.3 Å². The molecule has 1 aliphatic rings. The zero-order valence-electron chi connectivity index (χ0n) is 20.5. The smallest absolute Gasteiger partial charge is 0.134 e. The van der Waals surface area contributed by atoms with Crippen molar-refractivity contribution in [2.45, 2.75) is 39.0 Å². The van der Waals surface area contributed by atoms with Gasteiger partial charge in [0.15, 0.2) is 0 Å². The number of aryl methyl sites for hydroxylation is 3. The quantitative estimate of drug-likeness (QED) is 0.420. The Bertz CT molecular complexity index is 1090. The van der Waals surface area contributed by atoms with Crippen LogP contribution in [0.2, 0.25) is 5.02 Å². The Labute approximate surface area is 212 Å². The second-order valence-corrected chi connectivity index (χ2v) is 9.67. The van der Waals surface area contributed by atoms with Crippen LogP contribution < -0.4 is 9.47 Å². The Morgan fingerprint density at radius 1 is 1.09 bits per heavy atom. The monoisotopic (exact) mass is 499 g/mol. The van der Waals surface area contributed by atoms with Crippen molar-refractivity contribution in [2.75, 3.05) is 39.5 Å². The molecule has 0 saturated carbocycles. The van der Waals surface area contributed by atoms with Gasteiger partial charge in [0.1, 0.15) is 23.7 Å². The maximum atomic E-state index is 11.2. The Morgan fingerprint density at radius 2 is 1.91 bits per heavy atom. The normalized spacial score (nSPS) is 18.9. The van der Waals surface area contributed by atoms with Crippen LogP contribution in [-0.4, -0.2) is 64.9 Å². The van der Waals surface area contributed by atoms with E-state index in [0.717, 1.165) is 36.5 Å². The summed E-state index contributed by atoms with van der Waals surface area (Å²) in [6.45, 7) is 8.36. The third kappa shape index (κ3) is 7.70. The van der Waals surface area contributed by atoms with Crippen LogP contribution in [0.4, 0.5) is 0 Å². The Balaban J connectivity index is 1.28. The molecule has 0 spiro atoms. The number of nitrogens with zero attached hydrogens (tertiary/aromatic N) is 3. The molecule has 2 heterocycles. The lowest BCUT2D eigenvalue weighted by atomic mass is 10.1. The van der Waals surface area contributed by atoms with Gasteiger partial charge in [0.05, 0.1) is 25.5 Å². The van der Waals surface area contributed by atoms with Crippen molar-refractivity contribution in [1.29, 1.82) is 0 Å². The maximum Gasteiger partial charge on any atom is 0.134 e. The molecule has 0 unspecified atom stereocenters. The Morgan fingerprint density at radius 3 is 2.69 bits per heavy atom. The average molecular weight is 500 g/mol. The van der Waals surface area contributed by atoms with Crippen LogP contribution in [0, 0.1) is 13.8 Å². The van der Waals surface area contributed by atoms with E-state index in [9.17, 15) is 5.11 Å². The molecule has 0 radical (unpaired) electrons. The lowest BCUT2D eigenvalue weighted by Crippen LogP contribution is -2.48. The minimum atomic E-state index is -1.10. The minimum Gasteiger partial charge on any atom is -0.494 e. The summed E-state index contributed by atoms with van der Waals surface area (Å²) in [5.41, 5.74) is 2.24. The zero-order valence-corrected chi connectivity index (χ0v) is 21.2. The van der Waals surface area contributed by atoms with E-state index < -0.39 is 5.60 Å². The fraction of sp³-hybridized carbons (Fsp3) is 0.444. The van der Waals surface area contributed by atoms with Gasteiger partial charge >= 0.3 is 0 Å². The molecule has 188 valence electrons. The van der Waals surface area contributed by atoms with Crippen molar-refractivity contribution < 1.29 is 19.3 Å². The van der Waals surface area contributed by atoms with E-state index in [1.807, 2.05) is 23.7 Å². The van der Waals surface area contributed by atoms with Crippen molar-refractivity contribution in [3.05, 3.63) is 76.6 Å². The summed E-state index contributed by atoms with van der Waals surface area (Å²) in [7, 11) is 0. The molecule has 8 heteroatoms. The molecule has 1 atom stereocenters. The fourth-order valence-electron chi connectivity index (χ4n) is 4.26. The summed E-state index contributed by atoms with van der Waals surface area (Å²) >= 11 is 5.94. The summed E-state index contributed by atoms with van der Waals surface area (Å²) in [6.07, 6.45) is 0.885. The lowest BCUT2D eigenvalue weighted by molar-refractivity contribution is -0.0646. The van der Waals surface area contributed by atoms with Gasteiger partial charge in [-0.25, -0.2) is 0 Å². The van der Waals surface area contributed by atoms with E-state index in [4.69, 9.17) is 25.8 Å². The van der Waals surface area contributed by atoms with Crippen LogP contribution >= 0.6 is 11.6 Å². The lowest BCUT2D eigenvalue weighted by Gasteiger charge is -2.30. The van der Waals surface area contributed by atoms with Gasteiger partial charge in [0.2, 0.25) is 0 Å². The first kappa shape index (κ1) is 25.5. The second kappa shape index (κ2) is 11.9. The van der Waals surface area contributed by atoms with Crippen LogP contribution in [0.25, 0.3) is 0 Å². The molecule has 0 aliphatic carbocycles. The van der Waals surface area contributed by atoms with E-state index in [1.165, 1.54) is 5.69 Å². The Hall–Kier alpha value is -2.58. The van der Waals surface area contributed by atoms with Crippen molar-refractivity contribution in [3.8, 4) is 11.5 Å². The summed E-state index contributed by atoms with van der Waals surface area (Å²) in [4.78, 5) is 2.19. The molecule has 1 fully saturated rings. The number of rotatable bonds is 10. The second-order valence-electron chi connectivity index (χ2n) is 9.23. The first-order chi connectivity index (χ1) is 16.9. The van der Waals surface area contributed by atoms with Gasteiger partial charge in [0, 0.05) is 43.3 Å². The maximum absolute atomic E-state index is 11.2. The van der Waals surface area contributed by atoms with Crippen LogP contribution in [0.5, 0.6) is 11.5 Å². The number of halogens is 1. The molecular formula is C27H34ClN3O4. The highest BCUT2D eigenvalue weighted by Gasteiger charge is 2.33. The number of aliphatic hydroxyl groups is 1. The van der Waals surface area contributed by atoms with E-state index in [1.54, 1.807) is 24.3 Å². The van der Waals surface area contributed by atoms with Crippen LogP contribution in [0.15, 0.2) is 54.6 Å². The van der Waals surface area contributed by atoms with Crippen molar-refractivity contribution in [1.82, 2.24) is 14.7 Å². The van der Waals surface area contributed by atoms with E-state index in [-0.39, 0.29) is 13.2 Å². The fourth-order valence-corrected chi connectivity index (χ4v) is 4.39. The number of hydrogen-bond acceptors (Lipinski definition) is 6. The molecule has 1 aromatic heterocycles. The summed E-state index contributed by atoms with van der Waals surface area (Å²) in [5, 5.41) is 16.3. The molecular weight excluding hydrogens is 466 g/mol. The SMILES string of the molecule is Cc1cc(C)n(CCCOc2cccc(CN3CCOC[C@](O)(COc4ccc(Cl)cc4)C3)c2)n1. The number of benzene rings is 2. The van der Waals surface area contributed by atoms with E-state index >= 15 is 0 Å². The number of aromatic nitrogens is 2. The van der Waals surface area contributed by atoms with Gasteiger partial charge in [-0.2, -0.15) is 5.10 Å². The molecule has 1 aliphatic heterocycles. The summed E-state index contributed by atoms with van der Waals surface area (Å²) in [5.74, 6) is 1.52. The highest BCUT2D eigenvalue weighted by molar-refractivity contribution is 6.30. The van der Waals surface area contributed by atoms with Crippen molar-refractivity contribution >= 4 is 11.6 Å². The van der Waals surface area contributed by atoms with Crippen LogP contribution in [0.3, 0.4) is 0 Å². The van der Waals surface area contributed by atoms with Gasteiger partial charge in [-0.15, -0.1) is 0 Å². The highest BCUT2D eigenvalue weighted by Crippen LogP contribution is 2.21. The van der Waals surface area contributed by atoms with E-state index in [2.05, 4.69) is 35.1 Å². The molecule has 35 heavy (non-hydrogen) atoms. The van der Waals surface area contributed by atoms with Gasteiger partial charge in [0.25, 0.3) is 0 Å². The van der Waals surface area contributed by atoms with Gasteiger partial charge in [-0.1, -0.05) is 23.7 Å². The first-order valence-corrected chi connectivity index (χ1v) is 12.4. The van der Waals surface area contributed by atoms with E-state index in [0.29, 0.717) is 37.1 Å². The number of hydrogen-bond donors (Lipinski definition) is 1.